The summed E-state index contributed by atoms with van der Waals surface area (Å²) >= 11 is 0. The standard InChI is InChI=1S/C29H46O/c1-19(2)9-8-10-20(3)22-12-13-23-21-11-14-25-27(4,5)26(30)16-18-29(25,7)24(21)15-17-28(22,23)6/h11,14,19-20,22-24H,8-10,12-13,15-18H2,1-7H3. The molecule has 0 bridgehead atoms. The molecule has 1 nitrogen and oxygen atoms in total. The van der Waals surface area contributed by atoms with Gasteiger partial charge in [-0.05, 0) is 86.4 Å². The van der Waals surface area contributed by atoms with Crippen molar-refractivity contribution in [2.45, 2.75) is 106 Å². The molecule has 0 aromatic carbocycles. The van der Waals surface area contributed by atoms with Crippen LogP contribution in [0.25, 0.3) is 0 Å². The van der Waals surface area contributed by atoms with E-state index in [0.717, 1.165) is 36.5 Å². The van der Waals surface area contributed by atoms with Gasteiger partial charge in [0.15, 0.2) is 0 Å². The van der Waals surface area contributed by atoms with Gasteiger partial charge in [-0.25, -0.2) is 0 Å². The van der Waals surface area contributed by atoms with Crippen LogP contribution in [0, 0.1) is 45.8 Å². The Hall–Kier alpha value is -0.850. The van der Waals surface area contributed by atoms with Gasteiger partial charge in [0.2, 0.25) is 0 Å². The largest absolute Gasteiger partial charge is 0.299 e. The first kappa shape index (κ1) is 22.3. The Morgan fingerprint density at radius 2 is 1.67 bits per heavy atom. The van der Waals surface area contributed by atoms with Crippen molar-refractivity contribution >= 4 is 5.78 Å². The summed E-state index contributed by atoms with van der Waals surface area (Å²) in [5.74, 6) is 4.45. The molecule has 0 saturated heterocycles. The third-order valence-electron chi connectivity index (χ3n) is 10.4. The Labute approximate surface area is 186 Å². The average molecular weight is 411 g/mol. The molecule has 0 aromatic heterocycles. The highest BCUT2D eigenvalue weighted by Gasteiger charge is 2.59. The summed E-state index contributed by atoms with van der Waals surface area (Å²) in [5.41, 5.74) is 3.60. The van der Waals surface area contributed by atoms with Crippen molar-refractivity contribution in [1.29, 1.82) is 0 Å². The fourth-order valence-corrected chi connectivity index (χ4v) is 8.56. The van der Waals surface area contributed by atoms with Crippen molar-refractivity contribution in [2.75, 3.05) is 0 Å². The van der Waals surface area contributed by atoms with Crippen LogP contribution < -0.4 is 0 Å². The third-order valence-corrected chi connectivity index (χ3v) is 10.4. The van der Waals surface area contributed by atoms with Gasteiger partial charge in [-0.2, -0.15) is 0 Å². The smallest absolute Gasteiger partial charge is 0.142 e. The number of carbonyl (C=O) groups excluding carboxylic acids is 1. The maximum atomic E-state index is 12.7. The first-order valence-electron chi connectivity index (χ1n) is 13.0. The monoisotopic (exact) mass is 410 g/mol. The summed E-state index contributed by atoms with van der Waals surface area (Å²) in [7, 11) is 0. The molecule has 3 saturated carbocycles. The van der Waals surface area contributed by atoms with E-state index in [4.69, 9.17) is 0 Å². The average Bonchev–Trinajstić information content (AvgIpc) is 3.02. The van der Waals surface area contributed by atoms with E-state index in [2.05, 4.69) is 60.6 Å². The van der Waals surface area contributed by atoms with Crippen LogP contribution in [-0.2, 0) is 4.79 Å². The van der Waals surface area contributed by atoms with Crippen LogP contribution in [0.3, 0.4) is 0 Å². The van der Waals surface area contributed by atoms with Gasteiger partial charge >= 0.3 is 0 Å². The minimum absolute atomic E-state index is 0.198. The minimum atomic E-state index is -0.279. The molecule has 1 heteroatoms. The van der Waals surface area contributed by atoms with E-state index in [9.17, 15) is 4.79 Å². The zero-order chi connectivity index (χ0) is 21.9. The molecule has 6 unspecified atom stereocenters. The molecule has 0 N–H and O–H groups in total. The van der Waals surface area contributed by atoms with Crippen LogP contribution in [0.2, 0.25) is 0 Å². The Morgan fingerprint density at radius 1 is 0.933 bits per heavy atom. The lowest BCUT2D eigenvalue weighted by Gasteiger charge is -2.57. The summed E-state index contributed by atoms with van der Waals surface area (Å²) in [6.45, 7) is 16.8. The van der Waals surface area contributed by atoms with Gasteiger partial charge < -0.3 is 0 Å². The maximum absolute atomic E-state index is 12.7. The number of hydrogen-bond donors (Lipinski definition) is 0. The number of ketones is 1. The molecule has 0 radical (unpaired) electrons. The van der Waals surface area contributed by atoms with Gasteiger partial charge in [0.1, 0.15) is 5.78 Å². The van der Waals surface area contributed by atoms with E-state index in [-0.39, 0.29) is 10.8 Å². The molecular formula is C29H46O. The van der Waals surface area contributed by atoms with E-state index in [1.807, 2.05) is 0 Å². The van der Waals surface area contributed by atoms with Crippen molar-refractivity contribution < 1.29 is 4.79 Å². The third kappa shape index (κ3) is 3.29. The van der Waals surface area contributed by atoms with Crippen LogP contribution in [0.4, 0.5) is 0 Å². The van der Waals surface area contributed by atoms with Gasteiger partial charge in [-0.1, -0.05) is 77.2 Å². The Morgan fingerprint density at radius 3 is 2.37 bits per heavy atom. The van der Waals surface area contributed by atoms with Gasteiger partial charge in [0.05, 0.1) is 0 Å². The molecule has 0 heterocycles. The number of hydrogen-bond acceptors (Lipinski definition) is 1. The minimum Gasteiger partial charge on any atom is -0.299 e. The molecule has 30 heavy (non-hydrogen) atoms. The van der Waals surface area contributed by atoms with Gasteiger partial charge in [0.25, 0.3) is 0 Å². The molecule has 6 atom stereocenters. The Kier molecular flexibility index (Phi) is 5.68. The molecule has 0 amide bonds. The SMILES string of the molecule is CC(C)CCCC(C)C1CCC2C3=CC=C4C(C)(C)C(=O)CCC4(C)C3CCC21C. The first-order chi connectivity index (χ1) is 14.0. The second kappa shape index (κ2) is 7.63. The van der Waals surface area contributed by atoms with E-state index in [0.29, 0.717) is 17.1 Å². The second-order valence-electron chi connectivity index (χ2n) is 12.8. The predicted molar refractivity (Wildman–Crippen MR) is 127 cm³/mol. The normalized spacial score (nSPS) is 40.9. The topological polar surface area (TPSA) is 17.1 Å². The number of Topliss-reactive ketones (excluding diaryl/α,β-unsaturated/α-hetero) is 1. The summed E-state index contributed by atoms with van der Waals surface area (Å²) < 4.78 is 0. The van der Waals surface area contributed by atoms with Gasteiger partial charge in [-0.3, -0.25) is 4.79 Å². The molecule has 4 rings (SSSR count). The summed E-state index contributed by atoms with van der Waals surface area (Å²) in [6, 6.07) is 0. The van der Waals surface area contributed by atoms with Gasteiger partial charge in [0, 0.05) is 11.8 Å². The van der Waals surface area contributed by atoms with Crippen molar-refractivity contribution in [1.82, 2.24) is 0 Å². The quantitative estimate of drug-likeness (QED) is 0.447. The first-order valence-corrected chi connectivity index (χ1v) is 13.0. The maximum Gasteiger partial charge on any atom is 0.142 e. The predicted octanol–water partition coefficient (Wildman–Crippen LogP) is 8.15. The lowest BCUT2D eigenvalue weighted by Crippen LogP contribution is -2.50. The van der Waals surface area contributed by atoms with E-state index in [1.165, 1.54) is 50.5 Å². The molecule has 3 fully saturated rings. The fraction of sp³-hybridized carbons (Fsp3) is 0.828. The number of fused-ring (bicyclic) bond motifs is 5. The van der Waals surface area contributed by atoms with Crippen molar-refractivity contribution in [3.05, 3.63) is 23.3 Å². The van der Waals surface area contributed by atoms with Crippen molar-refractivity contribution in [3.8, 4) is 0 Å². The molecular weight excluding hydrogens is 364 g/mol. The lowest BCUT2D eigenvalue weighted by molar-refractivity contribution is -0.129. The van der Waals surface area contributed by atoms with Crippen LogP contribution in [-0.4, -0.2) is 5.78 Å². The molecule has 0 aliphatic heterocycles. The Balaban J connectivity index is 1.59. The lowest BCUT2D eigenvalue weighted by atomic mass is 9.47. The summed E-state index contributed by atoms with van der Waals surface area (Å²) in [4.78, 5) is 12.7. The highest BCUT2D eigenvalue weighted by atomic mass is 16.1. The molecule has 4 aliphatic rings. The molecule has 168 valence electrons. The van der Waals surface area contributed by atoms with E-state index in [1.54, 1.807) is 5.57 Å². The fourth-order valence-electron chi connectivity index (χ4n) is 8.56. The van der Waals surface area contributed by atoms with Crippen molar-refractivity contribution in [3.63, 3.8) is 0 Å². The zero-order valence-corrected chi connectivity index (χ0v) is 20.8. The van der Waals surface area contributed by atoms with E-state index >= 15 is 0 Å². The highest BCUT2D eigenvalue weighted by Crippen LogP contribution is 2.67. The van der Waals surface area contributed by atoms with Crippen molar-refractivity contribution in [2.24, 2.45) is 45.8 Å². The van der Waals surface area contributed by atoms with Crippen LogP contribution in [0.1, 0.15) is 106 Å². The second-order valence-corrected chi connectivity index (χ2v) is 12.8. The van der Waals surface area contributed by atoms with Crippen LogP contribution >= 0.6 is 0 Å². The number of rotatable bonds is 5. The van der Waals surface area contributed by atoms with Crippen LogP contribution in [0.5, 0.6) is 0 Å². The van der Waals surface area contributed by atoms with E-state index < -0.39 is 0 Å². The highest BCUT2D eigenvalue weighted by molar-refractivity contribution is 5.89. The van der Waals surface area contributed by atoms with Crippen LogP contribution in [0.15, 0.2) is 23.3 Å². The van der Waals surface area contributed by atoms with Gasteiger partial charge in [-0.15, -0.1) is 0 Å². The molecule has 0 spiro atoms. The number of allylic oxidation sites excluding steroid dienone is 4. The summed E-state index contributed by atoms with van der Waals surface area (Å²) in [5, 5.41) is 0. The molecule has 0 aromatic rings. The zero-order valence-electron chi connectivity index (χ0n) is 20.8. The summed E-state index contributed by atoms with van der Waals surface area (Å²) in [6.07, 6.45) is 16.4. The Bertz CT molecular complexity index is 752. The number of carbonyl (C=O) groups is 1. The molecule has 4 aliphatic carbocycles.